The minimum absolute atomic E-state index is 0.0476. The highest BCUT2D eigenvalue weighted by Gasteiger charge is 2.49. The standard InChI is InChI=1S/C29H31F2N9O/c1-38-26-18(13-35-38)4-2-5-21(26)24-23(31)25-22(14-34-24)27(39-11-9-33-20(16-39)6-8-32)37-28(36-25)41-17-29-7-3-10-40(29)15-19(30)12-29/h2,4-5,13-14,19-20,33H,3,6-7,9-12,15-17H2,1H3/t19-,20?,29+/m1/s1. The Balaban J connectivity index is 1.33. The Kier molecular flexibility index (Phi) is 6.43. The lowest BCUT2D eigenvalue weighted by Gasteiger charge is -2.34. The molecule has 1 aromatic carbocycles. The van der Waals surface area contributed by atoms with E-state index in [2.05, 4.69) is 31.4 Å². The van der Waals surface area contributed by atoms with Crippen molar-refractivity contribution in [1.82, 2.24) is 34.9 Å². The van der Waals surface area contributed by atoms with Gasteiger partial charge in [-0.2, -0.15) is 20.3 Å². The lowest BCUT2D eigenvalue weighted by molar-refractivity contribution is 0.107. The van der Waals surface area contributed by atoms with Gasteiger partial charge in [-0.05, 0) is 19.4 Å². The van der Waals surface area contributed by atoms with Crippen LogP contribution in [0.15, 0.2) is 30.6 Å². The van der Waals surface area contributed by atoms with Crippen LogP contribution in [0.2, 0.25) is 0 Å². The maximum absolute atomic E-state index is 16.5. The van der Waals surface area contributed by atoms with Gasteiger partial charge in [0.05, 0.1) is 35.1 Å². The molecule has 41 heavy (non-hydrogen) atoms. The first kappa shape index (κ1) is 26.0. The Labute approximate surface area is 235 Å². The maximum atomic E-state index is 16.5. The largest absolute Gasteiger partial charge is 0.461 e. The van der Waals surface area contributed by atoms with Crippen LogP contribution >= 0.6 is 0 Å². The Bertz CT molecular complexity index is 1670. The van der Waals surface area contributed by atoms with Crippen LogP contribution in [0.4, 0.5) is 14.6 Å². The number of fused-ring (bicyclic) bond motifs is 3. The summed E-state index contributed by atoms with van der Waals surface area (Å²) in [4.78, 5) is 18.1. The molecular formula is C29H31F2N9O. The average Bonchev–Trinajstić information content (AvgIpc) is 3.64. The zero-order chi connectivity index (χ0) is 28.1. The summed E-state index contributed by atoms with van der Waals surface area (Å²) in [5.41, 5.74) is 1.28. The summed E-state index contributed by atoms with van der Waals surface area (Å²) in [6, 6.07) is 7.84. The molecular weight excluding hydrogens is 528 g/mol. The van der Waals surface area contributed by atoms with Crippen LogP contribution in [0.5, 0.6) is 6.01 Å². The van der Waals surface area contributed by atoms with Gasteiger partial charge in [0.25, 0.3) is 0 Å². The molecule has 0 aliphatic carbocycles. The van der Waals surface area contributed by atoms with Crippen LogP contribution in [0, 0.1) is 17.1 Å². The van der Waals surface area contributed by atoms with Crippen LogP contribution in [0.25, 0.3) is 33.1 Å². The van der Waals surface area contributed by atoms with E-state index in [-0.39, 0.29) is 35.4 Å². The van der Waals surface area contributed by atoms with Crippen LogP contribution in [0.3, 0.4) is 0 Å². The number of alkyl halides is 1. The topological polar surface area (TPSA) is 108 Å². The van der Waals surface area contributed by atoms with Crippen molar-refractivity contribution in [2.45, 2.75) is 43.4 Å². The Morgan fingerprint density at radius 3 is 3.00 bits per heavy atom. The number of hydrogen-bond acceptors (Lipinski definition) is 9. The van der Waals surface area contributed by atoms with Crippen LogP contribution < -0.4 is 15.0 Å². The highest BCUT2D eigenvalue weighted by molar-refractivity contribution is 5.97. The van der Waals surface area contributed by atoms with Gasteiger partial charge >= 0.3 is 6.01 Å². The van der Waals surface area contributed by atoms with Gasteiger partial charge in [0.15, 0.2) is 5.82 Å². The third kappa shape index (κ3) is 4.44. The molecule has 212 valence electrons. The molecule has 3 atom stereocenters. The molecule has 3 aliphatic heterocycles. The van der Waals surface area contributed by atoms with Crippen molar-refractivity contribution in [3.8, 4) is 23.3 Å². The van der Waals surface area contributed by atoms with Crippen molar-refractivity contribution in [2.75, 3.05) is 44.2 Å². The van der Waals surface area contributed by atoms with Gasteiger partial charge in [0, 0.05) is 62.8 Å². The second-order valence-corrected chi connectivity index (χ2v) is 11.3. The average molecular weight is 560 g/mol. The number of nitrogens with zero attached hydrogens (tertiary/aromatic N) is 8. The summed E-state index contributed by atoms with van der Waals surface area (Å²) in [7, 11) is 1.82. The molecule has 0 bridgehead atoms. The molecule has 4 aromatic rings. The van der Waals surface area contributed by atoms with E-state index >= 15 is 4.39 Å². The van der Waals surface area contributed by atoms with Crippen molar-refractivity contribution in [1.29, 1.82) is 5.26 Å². The molecule has 3 aromatic heterocycles. The first-order chi connectivity index (χ1) is 20.0. The Hall–Kier alpha value is -3.95. The number of anilines is 1. The number of aryl methyl sites for hydroxylation is 1. The van der Waals surface area contributed by atoms with E-state index in [0.29, 0.717) is 55.8 Å². The molecule has 7 rings (SSSR count). The van der Waals surface area contributed by atoms with E-state index in [1.807, 2.05) is 30.1 Å². The molecule has 1 N–H and O–H groups in total. The summed E-state index contributed by atoms with van der Waals surface area (Å²) < 4.78 is 38.8. The number of nitriles is 1. The van der Waals surface area contributed by atoms with Gasteiger partial charge in [0.1, 0.15) is 29.8 Å². The maximum Gasteiger partial charge on any atom is 0.319 e. The molecule has 0 spiro atoms. The fourth-order valence-electron chi connectivity index (χ4n) is 6.85. The van der Waals surface area contributed by atoms with Gasteiger partial charge in [-0.15, -0.1) is 0 Å². The first-order valence-electron chi connectivity index (χ1n) is 14.1. The van der Waals surface area contributed by atoms with Crippen LogP contribution in [0.1, 0.15) is 25.7 Å². The fraction of sp³-hybridized carbons (Fsp3) is 0.483. The predicted octanol–water partition coefficient (Wildman–Crippen LogP) is 3.36. The third-order valence-electron chi connectivity index (χ3n) is 8.78. The summed E-state index contributed by atoms with van der Waals surface area (Å²) in [5.74, 6) is -0.0551. The molecule has 10 nitrogen and oxygen atoms in total. The van der Waals surface area contributed by atoms with Crippen molar-refractivity contribution >= 4 is 27.6 Å². The van der Waals surface area contributed by atoms with Crippen molar-refractivity contribution in [3.05, 3.63) is 36.4 Å². The van der Waals surface area contributed by atoms with E-state index in [4.69, 9.17) is 9.72 Å². The molecule has 0 amide bonds. The number of halogens is 2. The molecule has 3 saturated heterocycles. The number of para-hydroxylation sites is 1. The monoisotopic (exact) mass is 559 g/mol. The van der Waals surface area contributed by atoms with Crippen molar-refractivity contribution in [3.63, 3.8) is 0 Å². The molecule has 0 radical (unpaired) electrons. The van der Waals surface area contributed by atoms with E-state index < -0.39 is 12.0 Å². The third-order valence-corrected chi connectivity index (χ3v) is 8.78. The number of rotatable bonds is 6. The second-order valence-electron chi connectivity index (χ2n) is 11.3. The smallest absolute Gasteiger partial charge is 0.319 e. The number of piperazine rings is 1. The number of pyridine rings is 1. The van der Waals surface area contributed by atoms with Gasteiger partial charge in [-0.1, -0.05) is 18.2 Å². The van der Waals surface area contributed by atoms with E-state index in [1.165, 1.54) is 0 Å². The number of ether oxygens (including phenoxy) is 1. The lowest BCUT2D eigenvalue weighted by atomic mass is 9.95. The number of nitrogens with one attached hydrogen (secondary N) is 1. The first-order valence-corrected chi connectivity index (χ1v) is 14.1. The van der Waals surface area contributed by atoms with Crippen LogP contribution in [-0.4, -0.2) is 86.7 Å². The van der Waals surface area contributed by atoms with E-state index in [0.717, 1.165) is 30.3 Å². The molecule has 0 saturated carbocycles. The highest BCUT2D eigenvalue weighted by Crippen LogP contribution is 2.41. The fourth-order valence-corrected chi connectivity index (χ4v) is 6.85. The zero-order valence-corrected chi connectivity index (χ0v) is 22.9. The van der Waals surface area contributed by atoms with E-state index in [9.17, 15) is 9.65 Å². The SMILES string of the molecule is Cn1ncc2cccc(-c3ncc4c(N5CCNC(CC#N)C5)nc(OC[C@@]56CCCN5C[C@H](F)C6)nc4c3F)c21. The summed E-state index contributed by atoms with van der Waals surface area (Å²) in [5, 5.41) is 18.3. The minimum atomic E-state index is -0.884. The van der Waals surface area contributed by atoms with Gasteiger partial charge in [0.2, 0.25) is 0 Å². The minimum Gasteiger partial charge on any atom is -0.461 e. The zero-order valence-electron chi connectivity index (χ0n) is 22.9. The second kappa shape index (κ2) is 10.2. The summed E-state index contributed by atoms with van der Waals surface area (Å²) in [6.45, 7) is 3.30. The van der Waals surface area contributed by atoms with Gasteiger partial charge < -0.3 is 15.0 Å². The lowest BCUT2D eigenvalue weighted by Crippen LogP contribution is -2.51. The molecule has 3 fully saturated rings. The number of aromatic nitrogens is 5. The van der Waals surface area contributed by atoms with Crippen molar-refractivity contribution in [2.24, 2.45) is 7.05 Å². The summed E-state index contributed by atoms with van der Waals surface area (Å²) >= 11 is 0. The molecule has 12 heteroatoms. The molecule has 3 aliphatic rings. The number of hydrogen-bond donors (Lipinski definition) is 1. The van der Waals surface area contributed by atoms with Crippen LogP contribution in [-0.2, 0) is 7.05 Å². The molecule has 6 heterocycles. The summed E-state index contributed by atoms with van der Waals surface area (Å²) in [6.07, 6.45) is 5.07. The predicted molar refractivity (Wildman–Crippen MR) is 150 cm³/mol. The Morgan fingerprint density at radius 1 is 1.22 bits per heavy atom. The normalized spacial score (nSPS) is 24.7. The van der Waals surface area contributed by atoms with Gasteiger partial charge in [-0.3, -0.25) is 14.6 Å². The van der Waals surface area contributed by atoms with Gasteiger partial charge in [-0.25, -0.2) is 8.78 Å². The number of benzene rings is 1. The van der Waals surface area contributed by atoms with E-state index in [1.54, 1.807) is 17.1 Å². The molecule has 1 unspecified atom stereocenters. The Morgan fingerprint density at radius 2 is 2.12 bits per heavy atom. The van der Waals surface area contributed by atoms with Crippen molar-refractivity contribution < 1.29 is 13.5 Å². The quantitative estimate of drug-likeness (QED) is 0.380. The highest BCUT2D eigenvalue weighted by atomic mass is 19.1.